The van der Waals surface area contributed by atoms with Gasteiger partial charge < -0.3 is 19.9 Å². The highest BCUT2D eigenvalue weighted by Gasteiger charge is 2.08. The molecule has 1 aromatic rings. The fourth-order valence-corrected chi connectivity index (χ4v) is 1.64. The maximum Gasteiger partial charge on any atom is 0.188 e. The fraction of sp³-hybridized carbons (Fsp3) is 0.571. The fourth-order valence-electron chi connectivity index (χ4n) is 1.64. The molecule has 4 nitrogen and oxygen atoms in total. The summed E-state index contributed by atoms with van der Waals surface area (Å²) in [6.07, 6.45) is 1.81. The van der Waals surface area contributed by atoms with Gasteiger partial charge in [-0.2, -0.15) is 0 Å². The van der Waals surface area contributed by atoms with E-state index in [2.05, 4.69) is 6.92 Å². The van der Waals surface area contributed by atoms with Crippen LogP contribution in [0.5, 0.6) is 11.5 Å². The Morgan fingerprint density at radius 3 is 2.56 bits per heavy atom. The van der Waals surface area contributed by atoms with Crippen LogP contribution < -0.4 is 15.2 Å². The molecule has 1 aromatic carbocycles. The topological polar surface area (TPSA) is 53.7 Å². The molecular weight excluding hydrogens is 230 g/mol. The third-order valence-corrected chi connectivity index (χ3v) is 2.66. The molecule has 0 spiro atoms. The van der Waals surface area contributed by atoms with Crippen LogP contribution in [0.3, 0.4) is 0 Å². The number of methoxy groups -OCH3 is 1. The van der Waals surface area contributed by atoms with Gasteiger partial charge in [0.2, 0.25) is 0 Å². The second-order valence-corrected chi connectivity index (χ2v) is 4.14. The number of nitrogens with two attached hydrogens (primary N) is 1. The highest BCUT2D eigenvalue weighted by molar-refractivity contribution is 5.43. The molecule has 0 amide bonds. The zero-order valence-electron chi connectivity index (χ0n) is 11.4. The highest BCUT2D eigenvalue weighted by Crippen LogP contribution is 2.29. The van der Waals surface area contributed by atoms with E-state index in [0.29, 0.717) is 12.4 Å². The Bertz CT molecular complexity index is 355. The molecule has 0 saturated carbocycles. The van der Waals surface area contributed by atoms with E-state index in [0.717, 1.165) is 24.2 Å². The molecule has 0 aliphatic heterocycles. The minimum Gasteiger partial charge on any atom is -0.490 e. The molecule has 0 fully saturated rings. The van der Waals surface area contributed by atoms with Crippen LogP contribution in [0.1, 0.15) is 25.8 Å². The molecule has 1 atom stereocenters. The van der Waals surface area contributed by atoms with Crippen molar-refractivity contribution in [2.24, 2.45) is 5.73 Å². The van der Waals surface area contributed by atoms with Crippen molar-refractivity contribution in [1.82, 2.24) is 0 Å². The third-order valence-electron chi connectivity index (χ3n) is 2.66. The summed E-state index contributed by atoms with van der Waals surface area (Å²) in [6, 6.07) is 6.10. The summed E-state index contributed by atoms with van der Waals surface area (Å²) in [6.45, 7) is 4.86. The lowest BCUT2D eigenvalue weighted by Gasteiger charge is -2.14. The predicted octanol–water partition coefficient (Wildman–Crippen LogP) is 2.35. The van der Waals surface area contributed by atoms with Crippen molar-refractivity contribution < 1.29 is 14.2 Å². The summed E-state index contributed by atoms with van der Waals surface area (Å²) in [5.74, 6) is 1.45. The Labute approximate surface area is 109 Å². The van der Waals surface area contributed by atoms with Gasteiger partial charge in [-0.1, -0.05) is 13.0 Å². The Morgan fingerprint density at radius 1 is 1.17 bits per heavy atom. The maximum absolute atomic E-state index is 5.96. The number of rotatable bonds is 8. The van der Waals surface area contributed by atoms with Gasteiger partial charge in [-0.3, -0.25) is 0 Å². The van der Waals surface area contributed by atoms with Gasteiger partial charge in [-0.05, 0) is 37.5 Å². The standard InChI is InChI=1S/C14H23NO3/c1-4-12(15)8-11-6-7-13(18-10-16-3)14(9-11)17-5-2/h6-7,9,12H,4-5,8,10,15H2,1-3H3. The average Bonchev–Trinajstić information content (AvgIpc) is 2.38. The van der Waals surface area contributed by atoms with Crippen molar-refractivity contribution in [3.05, 3.63) is 23.8 Å². The van der Waals surface area contributed by atoms with Crippen LogP contribution in [0, 0.1) is 0 Å². The number of benzene rings is 1. The summed E-state index contributed by atoms with van der Waals surface area (Å²) in [7, 11) is 1.59. The van der Waals surface area contributed by atoms with Gasteiger partial charge in [0.25, 0.3) is 0 Å². The summed E-state index contributed by atoms with van der Waals surface area (Å²) < 4.78 is 15.9. The molecule has 0 heterocycles. The molecule has 0 bridgehead atoms. The van der Waals surface area contributed by atoms with Crippen molar-refractivity contribution >= 4 is 0 Å². The minimum atomic E-state index is 0.185. The quantitative estimate of drug-likeness (QED) is 0.723. The largest absolute Gasteiger partial charge is 0.490 e. The Morgan fingerprint density at radius 2 is 1.94 bits per heavy atom. The van der Waals surface area contributed by atoms with Crippen molar-refractivity contribution in [2.75, 3.05) is 20.5 Å². The van der Waals surface area contributed by atoms with E-state index in [-0.39, 0.29) is 12.8 Å². The van der Waals surface area contributed by atoms with E-state index in [4.69, 9.17) is 19.9 Å². The predicted molar refractivity (Wildman–Crippen MR) is 72.1 cm³/mol. The normalized spacial score (nSPS) is 12.2. The Kier molecular flexibility index (Phi) is 6.54. The van der Waals surface area contributed by atoms with Crippen molar-refractivity contribution in [3.63, 3.8) is 0 Å². The molecular formula is C14H23NO3. The SMILES string of the molecule is CCOc1cc(CC(N)CC)ccc1OCOC. The lowest BCUT2D eigenvalue weighted by atomic mass is 10.0. The number of hydrogen-bond acceptors (Lipinski definition) is 4. The molecule has 18 heavy (non-hydrogen) atoms. The molecule has 2 N–H and O–H groups in total. The first-order chi connectivity index (χ1) is 8.71. The molecule has 1 unspecified atom stereocenters. The van der Waals surface area contributed by atoms with Crippen LogP contribution in [0.2, 0.25) is 0 Å². The molecule has 1 rings (SSSR count). The lowest BCUT2D eigenvalue weighted by molar-refractivity contribution is 0.0487. The Hall–Kier alpha value is -1.26. The summed E-state index contributed by atoms with van der Waals surface area (Å²) in [5.41, 5.74) is 7.12. The van der Waals surface area contributed by atoms with Crippen LogP contribution in [-0.2, 0) is 11.2 Å². The first kappa shape index (κ1) is 14.8. The molecule has 0 aliphatic rings. The second-order valence-electron chi connectivity index (χ2n) is 4.14. The van der Waals surface area contributed by atoms with Gasteiger partial charge in [0.15, 0.2) is 18.3 Å². The smallest absolute Gasteiger partial charge is 0.188 e. The second kappa shape index (κ2) is 7.95. The van der Waals surface area contributed by atoms with Crippen molar-refractivity contribution in [2.45, 2.75) is 32.7 Å². The molecule has 102 valence electrons. The van der Waals surface area contributed by atoms with Crippen molar-refractivity contribution in [1.29, 1.82) is 0 Å². The molecule has 0 aliphatic carbocycles. The van der Waals surface area contributed by atoms with E-state index in [1.807, 2.05) is 25.1 Å². The highest BCUT2D eigenvalue weighted by atomic mass is 16.7. The first-order valence-electron chi connectivity index (χ1n) is 6.34. The third kappa shape index (κ3) is 4.55. The summed E-state index contributed by atoms with van der Waals surface area (Å²) in [4.78, 5) is 0. The van der Waals surface area contributed by atoms with Gasteiger partial charge in [-0.15, -0.1) is 0 Å². The van der Waals surface area contributed by atoms with E-state index < -0.39 is 0 Å². The van der Waals surface area contributed by atoms with Gasteiger partial charge in [0.1, 0.15) is 0 Å². The van der Waals surface area contributed by atoms with Crippen LogP contribution in [-0.4, -0.2) is 26.6 Å². The number of hydrogen-bond donors (Lipinski definition) is 1. The molecule has 0 radical (unpaired) electrons. The van der Waals surface area contributed by atoms with Crippen LogP contribution in [0.15, 0.2) is 18.2 Å². The van der Waals surface area contributed by atoms with Crippen molar-refractivity contribution in [3.8, 4) is 11.5 Å². The summed E-state index contributed by atoms with van der Waals surface area (Å²) in [5, 5.41) is 0. The molecule has 0 saturated heterocycles. The van der Waals surface area contributed by atoms with Gasteiger partial charge in [0.05, 0.1) is 6.61 Å². The van der Waals surface area contributed by atoms with Crippen LogP contribution in [0.4, 0.5) is 0 Å². The minimum absolute atomic E-state index is 0.185. The average molecular weight is 253 g/mol. The lowest BCUT2D eigenvalue weighted by Crippen LogP contribution is -2.21. The Balaban J connectivity index is 2.81. The summed E-state index contributed by atoms with van der Waals surface area (Å²) >= 11 is 0. The van der Waals surface area contributed by atoms with Gasteiger partial charge in [0, 0.05) is 13.2 Å². The van der Waals surface area contributed by atoms with Gasteiger partial charge >= 0.3 is 0 Å². The molecule has 0 aromatic heterocycles. The van der Waals surface area contributed by atoms with Crippen LogP contribution >= 0.6 is 0 Å². The zero-order chi connectivity index (χ0) is 13.4. The maximum atomic E-state index is 5.96. The van der Waals surface area contributed by atoms with E-state index in [9.17, 15) is 0 Å². The van der Waals surface area contributed by atoms with E-state index in [1.165, 1.54) is 0 Å². The monoisotopic (exact) mass is 253 g/mol. The van der Waals surface area contributed by atoms with Crippen LogP contribution in [0.25, 0.3) is 0 Å². The van der Waals surface area contributed by atoms with E-state index >= 15 is 0 Å². The molecule has 4 heteroatoms. The van der Waals surface area contributed by atoms with Gasteiger partial charge in [-0.25, -0.2) is 0 Å². The van der Waals surface area contributed by atoms with E-state index in [1.54, 1.807) is 7.11 Å². The number of ether oxygens (including phenoxy) is 3. The zero-order valence-corrected chi connectivity index (χ0v) is 11.4. The first-order valence-corrected chi connectivity index (χ1v) is 6.34.